The van der Waals surface area contributed by atoms with E-state index in [2.05, 4.69) is 62.0 Å². The van der Waals surface area contributed by atoms with Crippen molar-refractivity contribution in [2.24, 2.45) is 0 Å². The number of carbonyl (C=O) groups is 1. The molecule has 0 saturated carbocycles. The van der Waals surface area contributed by atoms with E-state index in [1.165, 1.54) is 28.1 Å². The Bertz CT molecular complexity index is 837. The van der Waals surface area contributed by atoms with Crippen LogP contribution in [0.15, 0.2) is 18.2 Å². The van der Waals surface area contributed by atoms with E-state index in [1.54, 1.807) is 0 Å². The molecule has 2 N–H and O–H groups in total. The molecular weight excluding hydrogens is 364 g/mol. The van der Waals surface area contributed by atoms with Crippen molar-refractivity contribution in [1.82, 2.24) is 10.3 Å². The average Bonchev–Trinajstić information content (AvgIpc) is 3.05. The zero-order valence-corrected chi connectivity index (χ0v) is 19.2. The van der Waals surface area contributed by atoms with Crippen molar-refractivity contribution in [2.75, 3.05) is 13.2 Å². The fraction of sp³-hybridized carbons (Fsp3) is 0.609. The highest BCUT2D eigenvalue weighted by molar-refractivity contribution is 6.76. The second kappa shape index (κ2) is 8.42. The van der Waals surface area contributed by atoms with Crippen molar-refractivity contribution in [2.45, 2.75) is 77.2 Å². The lowest BCUT2D eigenvalue weighted by Crippen LogP contribution is -2.40. The quantitative estimate of drug-likeness (QED) is 0.476. The van der Waals surface area contributed by atoms with Crippen LogP contribution in [0.4, 0.5) is 0 Å². The Labute approximate surface area is 170 Å². The number of aryl methyl sites for hydroxylation is 1. The third-order valence-corrected chi connectivity index (χ3v) is 7.89. The molecule has 5 heteroatoms. The Balaban J connectivity index is 1.80. The van der Waals surface area contributed by atoms with Crippen LogP contribution in [-0.2, 0) is 28.0 Å². The number of fused-ring (bicyclic) bond motifs is 3. The van der Waals surface area contributed by atoms with Crippen LogP contribution in [0.1, 0.15) is 49.9 Å². The van der Waals surface area contributed by atoms with Gasteiger partial charge in [0, 0.05) is 25.5 Å². The summed E-state index contributed by atoms with van der Waals surface area (Å²) in [6, 6.07) is 7.77. The van der Waals surface area contributed by atoms with Crippen molar-refractivity contribution >= 4 is 24.9 Å². The van der Waals surface area contributed by atoms with Gasteiger partial charge >= 0.3 is 0 Å². The summed E-state index contributed by atoms with van der Waals surface area (Å²) in [5.41, 5.74) is 4.46. The molecule has 2 aromatic rings. The van der Waals surface area contributed by atoms with Crippen LogP contribution in [0.25, 0.3) is 10.9 Å². The van der Waals surface area contributed by atoms with E-state index >= 15 is 0 Å². The Morgan fingerprint density at radius 3 is 2.75 bits per heavy atom. The first-order chi connectivity index (χ1) is 13.3. The number of benzene rings is 1. The van der Waals surface area contributed by atoms with E-state index in [1.807, 2.05) is 0 Å². The number of hydrogen-bond acceptors (Lipinski definition) is 2. The molecule has 3 rings (SSSR count). The fourth-order valence-corrected chi connectivity index (χ4v) is 5.65. The average molecular weight is 401 g/mol. The van der Waals surface area contributed by atoms with Gasteiger partial charge in [-0.2, -0.15) is 0 Å². The number of H-pyrrole nitrogens is 1. The van der Waals surface area contributed by atoms with Gasteiger partial charge < -0.3 is 15.0 Å². The van der Waals surface area contributed by atoms with Crippen LogP contribution >= 0.6 is 0 Å². The van der Waals surface area contributed by atoms with Gasteiger partial charge in [0.05, 0.1) is 18.7 Å². The van der Waals surface area contributed by atoms with E-state index < -0.39 is 13.7 Å². The lowest BCUT2D eigenvalue weighted by atomic mass is 9.86. The molecule has 0 aliphatic carbocycles. The fourth-order valence-electron chi connectivity index (χ4n) is 4.41. The molecule has 28 heavy (non-hydrogen) atoms. The van der Waals surface area contributed by atoms with Crippen molar-refractivity contribution in [1.29, 1.82) is 0 Å². The number of carbonyl (C=O) groups excluding carboxylic acids is 1. The van der Waals surface area contributed by atoms with Gasteiger partial charge in [-0.1, -0.05) is 57.7 Å². The monoisotopic (exact) mass is 400 g/mol. The van der Waals surface area contributed by atoms with Crippen LogP contribution in [0.2, 0.25) is 25.7 Å². The minimum absolute atomic E-state index is 0.0969. The van der Waals surface area contributed by atoms with E-state index in [0.717, 1.165) is 37.9 Å². The molecule has 1 aromatic carbocycles. The summed E-state index contributed by atoms with van der Waals surface area (Å²) in [6.07, 6.45) is 4.14. The summed E-state index contributed by atoms with van der Waals surface area (Å²) in [4.78, 5) is 16.4. The van der Waals surface area contributed by atoms with E-state index in [9.17, 15) is 4.79 Å². The number of aromatic amines is 1. The normalized spacial score (nSPS) is 19.6. The first kappa shape index (κ1) is 21.1. The SMILES string of the molecule is CCc1cccc2c3c([nH]c12)C(CC)(CC(=O)NCCC[Si](C)(C)C)OCC3. The summed E-state index contributed by atoms with van der Waals surface area (Å²) >= 11 is 0. The highest BCUT2D eigenvalue weighted by Crippen LogP contribution is 2.42. The number of amides is 1. The number of ether oxygens (including phenoxy) is 1. The van der Waals surface area contributed by atoms with Gasteiger partial charge in [0.15, 0.2) is 0 Å². The summed E-state index contributed by atoms with van der Waals surface area (Å²) in [5, 5.41) is 4.44. The molecule has 154 valence electrons. The van der Waals surface area contributed by atoms with Crippen molar-refractivity contribution < 1.29 is 9.53 Å². The molecular formula is C23H36N2O2Si. The van der Waals surface area contributed by atoms with Crippen LogP contribution in [0.3, 0.4) is 0 Å². The minimum atomic E-state index is -1.05. The largest absolute Gasteiger partial charge is 0.368 e. The van der Waals surface area contributed by atoms with Crippen molar-refractivity contribution in [3.63, 3.8) is 0 Å². The van der Waals surface area contributed by atoms with Crippen molar-refractivity contribution in [3.8, 4) is 0 Å². The molecule has 0 radical (unpaired) electrons. The Hall–Kier alpha value is -1.59. The smallest absolute Gasteiger partial charge is 0.223 e. The van der Waals surface area contributed by atoms with Crippen LogP contribution in [0, 0.1) is 0 Å². The first-order valence-corrected chi connectivity index (χ1v) is 14.5. The van der Waals surface area contributed by atoms with Crippen LogP contribution in [0.5, 0.6) is 0 Å². The molecule has 4 nitrogen and oxygen atoms in total. The zero-order valence-electron chi connectivity index (χ0n) is 18.2. The summed E-state index contributed by atoms with van der Waals surface area (Å²) in [5.74, 6) is 0.0969. The Kier molecular flexibility index (Phi) is 6.35. The lowest BCUT2D eigenvalue weighted by Gasteiger charge is -2.36. The van der Waals surface area contributed by atoms with Crippen LogP contribution in [-0.4, -0.2) is 32.1 Å². The lowest BCUT2D eigenvalue weighted by molar-refractivity contribution is -0.132. The predicted octanol–water partition coefficient (Wildman–Crippen LogP) is 5.14. The molecule has 0 fully saturated rings. The predicted molar refractivity (Wildman–Crippen MR) is 120 cm³/mol. The maximum Gasteiger partial charge on any atom is 0.223 e. The highest BCUT2D eigenvalue weighted by atomic mass is 28.3. The molecule has 2 heterocycles. The topological polar surface area (TPSA) is 54.1 Å². The standard InChI is InChI=1S/C23H36N2O2Si/c1-6-17-10-8-11-18-19-12-14-27-23(7-2,22(19)25-21(17)18)16-20(26)24-13-9-15-28(3,4)5/h8,10-11,25H,6-7,9,12-16H2,1-5H3,(H,24,26). The van der Waals surface area contributed by atoms with E-state index in [0.29, 0.717) is 13.0 Å². The minimum Gasteiger partial charge on any atom is -0.368 e. The molecule has 0 saturated heterocycles. The third-order valence-electron chi connectivity index (χ3n) is 6.04. The summed E-state index contributed by atoms with van der Waals surface area (Å²) < 4.78 is 6.29. The second-order valence-corrected chi connectivity index (χ2v) is 14.9. The second-order valence-electron chi connectivity index (χ2n) is 9.31. The maximum atomic E-state index is 12.8. The van der Waals surface area contributed by atoms with Gasteiger partial charge in [-0.25, -0.2) is 0 Å². The number of para-hydroxylation sites is 1. The van der Waals surface area contributed by atoms with Gasteiger partial charge in [0.2, 0.25) is 5.91 Å². The van der Waals surface area contributed by atoms with Gasteiger partial charge in [0.1, 0.15) is 5.60 Å². The Morgan fingerprint density at radius 2 is 2.07 bits per heavy atom. The molecule has 1 atom stereocenters. The number of hydrogen-bond donors (Lipinski definition) is 2. The number of nitrogens with one attached hydrogen (secondary N) is 2. The summed E-state index contributed by atoms with van der Waals surface area (Å²) in [7, 11) is -1.05. The maximum absolute atomic E-state index is 12.8. The van der Waals surface area contributed by atoms with Crippen LogP contribution < -0.4 is 5.32 Å². The van der Waals surface area contributed by atoms with Gasteiger partial charge in [-0.15, -0.1) is 0 Å². The van der Waals surface area contributed by atoms with E-state index in [-0.39, 0.29) is 5.91 Å². The molecule has 0 bridgehead atoms. The number of aromatic nitrogens is 1. The Morgan fingerprint density at radius 1 is 1.29 bits per heavy atom. The molecule has 1 unspecified atom stereocenters. The van der Waals surface area contributed by atoms with Crippen molar-refractivity contribution in [3.05, 3.63) is 35.0 Å². The van der Waals surface area contributed by atoms with E-state index in [4.69, 9.17) is 4.74 Å². The molecule has 1 aliphatic rings. The van der Waals surface area contributed by atoms with Gasteiger partial charge in [-0.05, 0) is 36.8 Å². The zero-order chi connectivity index (χ0) is 20.4. The molecule has 1 aromatic heterocycles. The highest BCUT2D eigenvalue weighted by Gasteiger charge is 2.40. The molecule has 1 aliphatic heterocycles. The first-order valence-electron chi connectivity index (χ1n) is 10.8. The third kappa shape index (κ3) is 4.36. The van der Waals surface area contributed by atoms with Gasteiger partial charge in [-0.3, -0.25) is 4.79 Å². The summed E-state index contributed by atoms with van der Waals surface area (Å²) in [6.45, 7) is 12.9. The molecule has 1 amide bonds. The number of rotatable bonds is 8. The van der Waals surface area contributed by atoms with Gasteiger partial charge in [0.25, 0.3) is 0 Å². The molecule has 0 spiro atoms.